The average molecular weight is 490 g/mol. The number of hydrogen-bond donors (Lipinski definition) is 1. The van der Waals surface area contributed by atoms with Crippen molar-refractivity contribution in [2.75, 3.05) is 30.8 Å². The van der Waals surface area contributed by atoms with E-state index in [1.54, 1.807) is 57.4 Å². The predicted octanol–water partition coefficient (Wildman–Crippen LogP) is 3.10. The van der Waals surface area contributed by atoms with Gasteiger partial charge in [0, 0.05) is 13.1 Å². The fraction of sp³-hybridized carbons (Fsp3) is 0.440. The van der Waals surface area contributed by atoms with Gasteiger partial charge in [-0.25, -0.2) is 8.42 Å². The molecule has 34 heavy (non-hydrogen) atoms. The van der Waals surface area contributed by atoms with Gasteiger partial charge in [-0.15, -0.1) is 0 Å². The molecule has 2 aromatic carbocycles. The van der Waals surface area contributed by atoms with Crippen LogP contribution in [0.15, 0.2) is 48.5 Å². The highest BCUT2D eigenvalue weighted by Crippen LogP contribution is 2.23. The predicted molar refractivity (Wildman–Crippen MR) is 134 cm³/mol. The van der Waals surface area contributed by atoms with Crippen LogP contribution in [0.25, 0.3) is 0 Å². The van der Waals surface area contributed by atoms with Crippen LogP contribution in [-0.4, -0.2) is 57.6 Å². The Labute approximate surface area is 202 Å². The highest BCUT2D eigenvalue weighted by Gasteiger charge is 2.30. The minimum absolute atomic E-state index is 0.149. The van der Waals surface area contributed by atoms with Crippen molar-refractivity contribution in [2.45, 2.75) is 46.2 Å². The number of nitrogens with zero attached hydrogens (tertiary/aromatic N) is 2. The summed E-state index contributed by atoms with van der Waals surface area (Å²) in [5.41, 5.74) is 1.96. The Morgan fingerprint density at radius 2 is 1.74 bits per heavy atom. The molecule has 9 heteroatoms. The molecule has 8 nitrogen and oxygen atoms in total. The molecule has 2 rings (SSSR count). The lowest BCUT2D eigenvalue weighted by molar-refractivity contribution is -0.139. The van der Waals surface area contributed by atoms with E-state index in [0.29, 0.717) is 18.0 Å². The molecule has 0 aromatic heterocycles. The minimum Gasteiger partial charge on any atom is -0.497 e. The van der Waals surface area contributed by atoms with Gasteiger partial charge in [-0.1, -0.05) is 43.7 Å². The highest BCUT2D eigenvalue weighted by atomic mass is 32.2. The first-order valence-electron chi connectivity index (χ1n) is 11.3. The summed E-state index contributed by atoms with van der Waals surface area (Å²) in [7, 11) is -2.18. The van der Waals surface area contributed by atoms with Crippen molar-refractivity contribution in [3.8, 4) is 5.75 Å². The van der Waals surface area contributed by atoms with Gasteiger partial charge in [0.05, 0.1) is 19.1 Å². The Kier molecular flexibility index (Phi) is 9.92. The van der Waals surface area contributed by atoms with Gasteiger partial charge >= 0.3 is 0 Å². The topological polar surface area (TPSA) is 96.0 Å². The summed E-state index contributed by atoms with van der Waals surface area (Å²) in [6, 6.07) is 13.4. The fourth-order valence-corrected chi connectivity index (χ4v) is 4.39. The Morgan fingerprint density at radius 1 is 1.09 bits per heavy atom. The summed E-state index contributed by atoms with van der Waals surface area (Å²) >= 11 is 0. The van der Waals surface area contributed by atoms with Crippen molar-refractivity contribution >= 4 is 27.5 Å². The maximum absolute atomic E-state index is 13.5. The van der Waals surface area contributed by atoms with E-state index in [1.165, 1.54) is 4.90 Å². The van der Waals surface area contributed by atoms with Crippen LogP contribution in [0, 0.1) is 6.92 Å². The van der Waals surface area contributed by atoms with E-state index < -0.39 is 28.5 Å². The number of hydrogen-bond acceptors (Lipinski definition) is 5. The number of unbranched alkanes of at least 4 members (excludes halogenated alkanes) is 1. The fourth-order valence-electron chi connectivity index (χ4n) is 3.48. The second-order valence-corrected chi connectivity index (χ2v) is 10.2. The van der Waals surface area contributed by atoms with E-state index in [-0.39, 0.29) is 12.5 Å². The second-order valence-electron chi connectivity index (χ2n) is 8.25. The van der Waals surface area contributed by atoms with Crippen molar-refractivity contribution in [2.24, 2.45) is 0 Å². The largest absolute Gasteiger partial charge is 0.497 e. The molecule has 0 spiro atoms. The van der Waals surface area contributed by atoms with Crippen LogP contribution in [0.5, 0.6) is 5.75 Å². The standard InChI is InChI=1S/C25H35N3O5S/c1-6-7-16-26-25(30)20(3)27(17-21-12-14-22(33-4)15-13-21)24(29)18-28(34(5,31)32)23-11-9-8-10-19(23)2/h8-15,20H,6-7,16-18H2,1-5H3,(H,26,30)/t20-/m0/s1. The molecule has 186 valence electrons. The van der Waals surface area contributed by atoms with Gasteiger partial charge in [0.15, 0.2) is 0 Å². The van der Waals surface area contributed by atoms with Gasteiger partial charge in [0.1, 0.15) is 18.3 Å². The van der Waals surface area contributed by atoms with Crippen LogP contribution in [0.1, 0.15) is 37.8 Å². The molecule has 2 amide bonds. The van der Waals surface area contributed by atoms with E-state index in [2.05, 4.69) is 5.32 Å². The molecule has 0 aliphatic carbocycles. The summed E-state index contributed by atoms with van der Waals surface area (Å²) in [4.78, 5) is 27.7. The summed E-state index contributed by atoms with van der Waals surface area (Å²) in [6.45, 7) is 5.73. The normalized spacial score (nSPS) is 12.0. The zero-order chi connectivity index (χ0) is 25.3. The average Bonchev–Trinajstić information content (AvgIpc) is 2.80. The number of methoxy groups -OCH3 is 1. The Balaban J connectivity index is 2.35. The molecule has 0 radical (unpaired) electrons. The molecule has 0 bridgehead atoms. The molecule has 0 aliphatic heterocycles. The van der Waals surface area contributed by atoms with Crippen molar-refractivity contribution in [1.82, 2.24) is 10.2 Å². The van der Waals surface area contributed by atoms with Crippen LogP contribution >= 0.6 is 0 Å². The van der Waals surface area contributed by atoms with Gasteiger partial charge in [-0.05, 0) is 49.6 Å². The lowest BCUT2D eigenvalue weighted by Gasteiger charge is -2.32. The first-order valence-corrected chi connectivity index (χ1v) is 13.2. The third-order valence-electron chi connectivity index (χ3n) is 5.57. The second kappa shape index (κ2) is 12.4. The lowest BCUT2D eigenvalue weighted by Crippen LogP contribution is -2.51. The SMILES string of the molecule is CCCCNC(=O)[C@H](C)N(Cc1ccc(OC)cc1)C(=O)CN(c1ccccc1C)S(C)(=O)=O. The quantitative estimate of drug-likeness (QED) is 0.462. The molecule has 0 unspecified atom stereocenters. The number of amides is 2. The Hall–Kier alpha value is -3.07. The van der Waals surface area contributed by atoms with Gasteiger partial charge in [0.25, 0.3) is 0 Å². The molecule has 0 heterocycles. The van der Waals surface area contributed by atoms with Crippen LogP contribution < -0.4 is 14.4 Å². The molecule has 2 aromatic rings. The number of rotatable bonds is 12. The first-order chi connectivity index (χ1) is 16.1. The van der Waals surface area contributed by atoms with E-state index in [9.17, 15) is 18.0 Å². The molecule has 1 atom stereocenters. The van der Waals surface area contributed by atoms with Crippen LogP contribution in [0.2, 0.25) is 0 Å². The van der Waals surface area contributed by atoms with Crippen molar-refractivity contribution < 1.29 is 22.7 Å². The van der Waals surface area contributed by atoms with Gasteiger partial charge < -0.3 is 15.0 Å². The summed E-state index contributed by atoms with van der Waals surface area (Å²) < 4.78 is 31.5. The number of benzene rings is 2. The molecular weight excluding hydrogens is 454 g/mol. The van der Waals surface area contributed by atoms with Crippen LogP contribution in [-0.2, 0) is 26.2 Å². The van der Waals surface area contributed by atoms with Crippen molar-refractivity contribution in [1.29, 1.82) is 0 Å². The van der Waals surface area contributed by atoms with Crippen LogP contribution in [0.3, 0.4) is 0 Å². The smallest absolute Gasteiger partial charge is 0.244 e. The van der Waals surface area contributed by atoms with Crippen molar-refractivity contribution in [3.05, 3.63) is 59.7 Å². The molecule has 0 saturated heterocycles. The molecule has 0 fully saturated rings. The maximum Gasteiger partial charge on any atom is 0.244 e. The number of anilines is 1. The van der Waals surface area contributed by atoms with Gasteiger partial charge in [0.2, 0.25) is 21.8 Å². The number of para-hydroxylation sites is 1. The third kappa shape index (κ3) is 7.48. The molecule has 1 N–H and O–H groups in total. The number of nitrogens with one attached hydrogen (secondary N) is 1. The zero-order valence-corrected chi connectivity index (χ0v) is 21.4. The van der Waals surface area contributed by atoms with E-state index >= 15 is 0 Å². The van der Waals surface area contributed by atoms with Crippen LogP contribution in [0.4, 0.5) is 5.69 Å². The van der Waals surface area contributed by atoms with Gasteiger partial charge in [-0.3, -0.25) is 13.9 Å². The van der Waals surface area contributed by atoms with E-state index in [1.807, 2.05) is 19.1 Å². The summed E-state index contributed by atoms with van der Waals surface area (Å²) in [5, 5.41) is 2.86. The molecule has 0 saturated carbocycles. The monoisotopic (exact) mass is 489 g/mol. The first kappa shape index (κ1) is 27.2. The number of carbonyl (C=O) groups excluding carboxylic acids is 2. The summed E-state index contributed by atoms with van der Waals surface area (Å²) in [5.74, 6) is -0.0745. The summed E-state index contributed by atoms with van der Waals surface area (Å²) in [6.07, 6.45) is 2.84. The van der Waals surface area contributed by atoms with E-state index in [0.717, 1.165) is 34.5 Å². The third-order valence-corrected chi connectivity index (χ3v) is 6.70. The lowest BCUT2D eigenvalue weighted by atomic mass is 10.1. The Bertz CT molecular complexity index is 1070. The van der Waals surface area contributed by atoms with E-state index in [4.69, 9.17) is 4.74 Å². The number of sulfonamides is 1. The Morgan fingerprint density at radius 3 is 2.29 bits per heavy atom. The minimum atomic E-state index is -3.75. The highest BCUT2D eigenvalue weighted by molar-refractivity contribution is 7.92. The molecule has 0 aliphatic rings. The number of carbonyl (C=O) groups is 2. The number of ether oxygens (including phenoxy) is 1. The molecular formula is C25H35N3O5S. The van der Waals surface area contributed by atoms with Gasteiger partial charge in [-0.2, -0.15) is 0 Å². The number of aryl methyl sites for hydroxylation is 1. The van der Waals surface area contributed by atoms with Crippen molar-refractivity contribution in [3.63, 3.8) is 0 Å². The maximum atomic E-state index is 13.5. The zero-order valence-electron chi connectivity index (χ0n) is 20.6.